The Morgan fingerprint density at radius 1 is 1.22 bits per heavy atom. The summed E-state index contributed by atoms with van der Waals surface area (Å²) in [6.07, 6.45) is 2.95. The summed E-state index contributed by atoms with van der Waals surface area (Å²) >= 11 is 6.83. The number of aromatic amines is 1. The zero-order chi connectivity index (χ0) is 18.6. The molecule has 0 aliphatic rings. The molecule has 0 saturated carbocycles. The van der Waals surface area contributed by atoms with Crippen LogP contribution in [0.3, 0.4) is 0 Å². The van der Waals surface area contributed by atoms with Crippen LogP contribution in [0.25, 0.3) is 21.6 Å². The molecule has 4 rings (SSSR count). The highest BCUT2D eigenvalue weighted by molar-refractivity contribution is 7.71. The number of nitrogens with zero attached hydrogens (tertiary/aromatic N) is 3. The van der Waals surface area contributed by atoms with Gasteiger partial charge in [0.05, 0.1) is 4.88 Å². The number of thiophene rings is 1. The molecule has 138 valence electrons. The van der Waals surface area contributed by atoms with Gasteiger partial charge in [-0.2, -0.15) is 5.10 Å². The van der Waals surface area contributed by atoms with Gasteiger partial charge >= 0.3 is 0 Å². The summed E-state index contributed by atoms with van der Waals surface area (Å²) in [4.78, 5) is 13.3. The van der Waals surface area contributed by atoms with Crippen LogP contribution in [-0.4, -0.2) is 31.8 Å². The van der Waals surface area contributed by atoms with E-state index in [1.807, 2.05) is 29.6 Å². The van der Waals surface area contributed by atoms with Crippen LogP contribution in [0.5, 0.6) is 0 Å². The van der Waals surface area contributed by atoms with Gasteiger partial charge < -0.3 is 9.88 Å². The minimum Gasteiger partial charge on any atom is -0.354 e. The number of fused-ring (bicyclic) bond motifs is 1. The first-order chi connectivity index (χ1) is 13.2. The zero-order valence-electron chi connectivity index (χ0n) is 14.6. The lowest BCUT2D eigenvalue weighted by molar-refractivity contribution is -0.121. The Labute approximate surface area is 165 Å². The molecule has 2 N–H and O–H groups in total. The maximum atomic E-state index is 12.3. The minimum absolute atomic E-state index is 0.0670. The quantitative estimate of drug-likeness (QED) is 0.368. The second-order valence-electron chi connectivity index (χ2n) is 6.19. The standard InChI is InChI=1S/C19H19N5OS2/c25-17(13-24-18(21-22-19(24)26)16-7-3-12-27-16)20-9-4-10-23-11-8-14-5-1-2-6-15(14)23/h1-3,5-8,11-12H,4,9-10,13H2,(H,20,25)(H,22,26). The molecule has 0 atom stereocenters. The molecule has 0 radical (unpaired) electrons. The van der Waals surface area contributed by atoms with Crippen LogP contribution in [0.1, 0.15) is 6.42 Å². The Kier molecular flexibility index (Phi) is 5.17. The van der Waals surface area contributed by atoms with E-state index < -0.39 is 0 Å². The van der Waals surface area contributed by atoms with Crippen molar-refractivity contribution in [1.29, 1.82) is 0 Å². The van der Waals surface area contributed by atoms with Gasteiger partial charge in [0.1, 0.15) is 6.54 Å². The van der Waals surface area contributed by atoms with Crippen molar-refractivity contribution in [2.45, 2.75) is 19.5 Å². The van der Waals surface area contributed by atoms with Crippen LogP contribution in [-0.2, 0) is 17.9 Å². The van der Waals surface area contributed by atoms with Crippen LogP contribution >= 0.6 is 23.6 Å². The fourth-order valence-electron chi connectivity index (χ4n) is 3.07. The van der Waals surface area contributed by atoms with Gasteiger partial charge in [-0.25, -0.2) is 0 Å². The molecule has 3 heterocycles. The summed E-state index contributed by atoms with van der Waals surface area (Å²) in [5.74, 6) is 0.631. The summed E-state index contributed by atoms with van der Waals surface area (Å²) in [5, 5.41) is 13.2. The fourth-order valence-corrected chi connectivity index (χ4v) is 3.99. The van der Waals surface area contributed by atoms with Gasteiger partial charge in [0.25, 0.3) is 0 Å². The molecule has 4 aromatic rings. The van der Waals surface area contributed by atoms with E-state index in [-0.39, 0.29) is 12.5 Å². The van der Waals surface area contributed by atoms with Crippen LogP contribution in [0.15, 0.2) is 54.0 Å². The SMILES string of the molecule is O=C(Cn1c(-c2cccs2)n[nH]c1=S)NCCCn1ccc2ccccc21. The van der Waals surface area contributed by atoms with Gasteiger partial charge in [-0.05, 0) is 47.6 Å². The molecular weight excluding hydrogens is 378 g/mol. The zero-order valence-corrected chi connectivity index (χ0v) is 16.2. The highest BCUT2D eigenvalue weighted by Crippen LogP contribution is 2.22. The van der Waals surface area contributed by atoms with Gasteiger partial charge in [-0.15, -0.1) is 11.3 Å². The number of aromatic nitrogens is 4. The van der Waals surface area contributed by atoms with Crippen molar-refractivity contribution < 1.29 is 4.79 Å². The van der Waals surface area contributed by atoms with Gasteiger partial charge in [0.2, 0.25) is 5.91 Å². The molecule has 0 aliphatic carbocycles. The lowest BCUT2D eigenvalue weighted by Gasteiger charge is -2.09. The first kappa shape index (κ1) is 17.7. The predicted octanol–water partition coefficient (Wildman–Crippen LogP) is 3.83. The summed E-state index contributed by atoms with van der Waals surface area (Å²) in [7, 11) is 0. The number of carbonyl (C=O) groups is 1. The van der Waals surface area contributed by atoms with E-state index >= 15 is 0 Å². The predicted molar refractivity (Wildman–Crippen MR) is 110 cm³/mol. The number of aryl methyl sites for hydroxylation is 1. The molecule has 0 aliphatic heterocycles. The Morgan fingerprint density at radius 2 is 2.11 bits per heavy atom. The van der Waals surface area contributed by atoms with Crippen LogP contribution in [0.4, 0.5) is 0 Å². The van der Waals surface area contributed by atoms with E-state index in [2.05, 4.69) is 44.5 Å². The van der Waals surface area contributed by atoms with Crippen molar-refractivity contribution >= 4 is 40.4 Å². The van der Waals surface area contributed by atoms with Gasteiger partial charge in [-0.1, -0.05) is 24.3 Å². The van der Waals surface area contributed by atoms with Crippen molar-refractivity contribution in [3.05, 3.63) is 58.8 Å². The lowest BCUT2D eigenvalue weighted by Crippen LogP contribution is -2.29. The number of hydrogen-bond acceptors (Lipinski definition) is 4. The molecule has 6 nitrogen and oxygen atoms in total. The Balaban J connectivity index is 1.32. The average molecular weight is 398 g/mol. The van der Waals surface area contributed by atoms with Crippen molar-refractivity contribution in [3.8, 4) is 10.7 Å². The average Bonchev–Trinajstić information content (AvgIpc) is 3.40. The highest BCUT2D eigenvalue weighted by atomic mass is 32.1. The maximum Gasteiger partial charge on any atom is 0.240 e. The third kappa shape index (κ3) is 3.86. The molecular formula is C19H19N5OS2. The second kappa shape index (κ2) is 7.89. The molecule has 3 aromatic heterocycles. The Hall–Kier alpha value is -2.71. The first-order valence-electron chi connectivity index (χ1n) is 8.72. The molecule has 0 unspecified atom stereocenters. The summed E-state index contributed by atoms with van der Waals surface area (Å²) in [6, 6.07) is 14.3. The maximum absolute atomic E-state index is 12.3. The van der Waals surface area contributed by atoms with Gasteiger partial charge in [0, 0.05) is 24.8 Å². The van der Waals surface area contributed by atoms with Crippen LogP contribution in [0, 0.1) is 4.77 Å². The Morgan fingerprint density at radius 3 is 2.96 bits per heavy atom. The summed E-state index contributed by atoms with van der Waals surface area (Å²) in [5.41, 5.74) is 1.22. The monoisotopic (exact) mass is 397 g/mol. The van der Waals surface area contributed by atoms with E-state index in [0.717, 1.165) is 17.8 Å². The molecule has 1 aromatic carbocycles. The summed E-state index contributed by atoms with van der Waals surface area (Å²) < 4.78 is 4.39. The van der Waals surface area contributed by atoms with E-state index in [0.29, 0.717) is 17.1 Å². The number of nitrogens with one attached hydrogen (secondary N) is 2. The molecule has 8 heteroatoms. The van der Waals surface area contributed by atoms with Gasteiger partial charge in [-0.3, -0.25) is 14.5 Å². The normalized spacial score (nSPS) is 11.1. The van der Waals surface area contributed by atoms with Crippen LogP contribution in [0.2, 0.25) is 0 Å². The van der Waals surface area contributed by atoms with E-state index in [1.54, 1.807) is 15.9 Å². The molecule has 1 amide bonds. The second-order valence-corrected chi connectivity index (χ2v) is 7.52. The number of benzene rings is 1. The van der Waals surface area contributed by atoms with Crippen molar-refractivity contribution in [1.82, 2.24) is 24.6 Å². The third-order valence-corrected chi connectivity index (χ3v) is 5.56. The summed E-state index contributed by atoms with van der Waals surface area (Å²) in [6.45, 7) is 1.64. The number of rotatable bonds is 7. The largest absolute Gasteiger partial charge is 0.354 e. The molecule has 0 saturated heterocycles. The van der Waals surface area contributed by atoms with Crippen LogP contribution < -0.4 is 5.32 Å². The third-order valence-electron chi connectivity index (χ3n) is 4.38. The number of para-hydroxylation sites is 1. The fraction of sp³-hybridized carbons (Fsp3) is 0.211. The molecule has 0 bridgehead atoms. The Bertz CT molecular complexity index is 1110. The van der Waals surface area contributed by atoms with E-state index in [1.165, 1.54) is 10.9 Å². The minimum atomic E-state index is -0.0670. The van der Waals surface area contributed by atoms with Gasteiger partial charge in [0.15, 0.2) is 10.6 Å². The number of carbonyl (C=O) groups excluding carboxylic acids is 1. The smallest absolute Gasteiger partial charge is 0.240 e. The van der Waals surface area contributed by atoms with Crippen molar-refractivity contribution in [3.63, 3.8) is 0 Å². The number of hydrogen-bond donors (Lipinski definition) is 2. The number of amides is 1. The molecule has 0 fully saturated rings. The molecule has 0 spiro atoms. The van der Waals surface area contributed by atoms with E-state index in [4.69, 9.17) is 12.2 Å². The first-order valence-corrected chi connectivity index (χ1v) is 10.0. The topological polar surface area (TPSA) is 67.6 Å². The van der Waals surface area contributed by atoms with E-state index in [9.17, 15) is 4.79 Å². The lowest BCUT2D eigenvalue weighted by atomic mass is 10.2. The molecule has 27 heavy (non-hydrogen) atoms. The highest BCUT2D eigenvalue weighted by Gasteiger charge is 2.12. The van der Waals surface area contributed by atoms with Crippen molar-refractivity contribution in [2.75, 3.05) is 6.54 Å². The number of H-pyrrole nitrogens is 1. The van der Waals surface area contributed by atoms with Crippen molar-refractivity contribution in [2.24, 2.45) is 0 Å².